The SMILES string of the molecule is NC1CCN(C(=O)C2CC(=O)Nc3cc(F)ccc32)CC1. The van der Waals surface area contributed by atoms with Crippen molar-refractivity contribution in [1.82, 2.24) is 4.90 Å². The second-order valence-electron chi connectivity index (χ2n) is 5.70. The van der Waals surface area contributed by atoms with Gasteiger partial charge in [0, 0.05) is 31.2 Å². The van der Waals surface area contributed by atoms with Gasteiger partial charge in [0.15, 0.2) is 0 Å². The molecule has 1 atom stereocenters. The predicted octanol–water partition coefficient (Wildman–Crippen LogP) is 1.20. The molecule has 1 aromatic rings. The Bertz CT molecular complexity index is 582. The number of nitrogens with two attached hydrogens (primary N) is 1. The number of benzene rings is 1. The van der Waals surface area contributed by atoms with Crippen LogP contribution in [0.25, 0.3) is 0 Å². The second-order valence-corrected chi connectivity index (χ2v) is 5.70. The van der Waals surface area contributed by atoms with Crippen LogP contribution in [-0.2, 0) is 9.59 Å². The monoisotopic (exact) mass is 291 g/mol. The van der Waals surface area contributed by atoms with Crippen LogP contribution in [0.2, 0.25) is 0 Å². The first-order chi connectivity index (χ1) is 10.0. The van der Waals surface area contributed by atoms with E-state index in [9.17, 15) is 14.0 Å². The molecule has 0 bridgehead atoms. The van der Waals surface area contributed by atoms with Gasteiger partial charge in [-0.1, -0.05) is 6.07 Å². The Morgan fingerprint density at radius 1 is 1.33 bits per heavy atom. The van der Waals surface area contributed by atoms with Gasteiger partial charge in [0.2, 0.25) is 11.8 Å². The van der Waals surface area contributed by atoms with E-state index in [0.29, 0.717) is 24.3 Å². The van der Waals surface area contributed by atoms with Gasteiger partial charge in [-0.2, -0.15) is 0 Å². The van der Waals surface area contributed by atoms with Crippen molar-refractivity contribution < 1.29 is 14.0 Å². The summed E-state index contributed by atoms with van der Waals surface area (Å²) in [5, 5.41) is 2.63. The summed E-state index contributed by atoms with van der Waals surface area (Å²) in [5.41, 5.74) is 6.94. The van der Waals surface area contributed by atoms with Crippen molar-refractivity contribution in [3.05, 3.63) is 29.6 Å². The van der Waals surface area contributed by atoms with Gasteiger partial charge in [-0.05, 0) is 30.5 Å². The molecule has 3 rings (SSSR count). The Morgan fingerprint density at radius 3 is 2.76 bits per heavy atom. The van der Waals surface area contributed by atoms with E-state index in [0.717, 1.165) is 12.8 Å². The quantitative estimate of drug-likeness (QED) is 0.816. The Labute approximate surface area is 122 Å². The zero-order chi connectivity index (χ0) is 15.0. The number of carbonyl (C=O) groups excluding carboxylic acids is 2. The van der Waals surface area contributed by atoms with E-state index < -0.39 is 11.7 Å². The highest BCUT2D eigenvalue weighted by Crippen LogP contribution is 2.34. The summed E-state index contributed by atoms with van der Waals surface area (Å²) in [4.78, 5) is 26.2. The third-order valence-electron chi connectivity index (χ3n) is 4.20. The van der Waals surface area contributed by atoms with Crippen LogP contribution >= 0.6 is 0 Å². The van der Waals surface area contributed by atoms with Crippen LogP contribution in [0.3, 0.4) is 0 Å². The minimum Gasteiger partial charge on any atom is -0.342 e. The molecule has 21 heavy (non-hydrogen) atoms. The summed E-state index contributed by atoms with van der Waals surface area (Å²) in [6.45, 7) is 1.24. The molecule has 2 aliphatic rings. The van der Waals surface area contributed by atoms with Crippen molar-refractivity contribution >= 4 is 17.5 Å². The van der Waals surface area contributed by atoms with E-state index in [1.54, 1.807) is 11.0 Å². The van der Waals surface area contributed by atoms with E-state index in [4.69, 9.17) is 5.73 Å². The lowest BCUT2D eigenvalue weighted by molar-refractivity contribution is -0.135. The van der Waals surface area contributed by atoms with Gasteiger partial charge in [-0.25, -0.2) is 4.39 Å². The van der Waals surface area contributed by atoms with E-state index in [2.05, 4.69) is 5.32 Å². The van der Waals surface area contributed by atoms with Crippen LogP contribution in [0.5, 0.6) is 0 Å². The first-order valence-corrected chi connectivity index (χ1v) is 7.18. The summed E-state index contributed by atoms with van der Waals surface area (Å²) in [6.07, 6.45) is 1.67. The average molecular weight is 291 g/mol. The van der Waals surface area contributed by atoms with Crippen molar-refractivity contribution in [2.75, 3.05) is 18.4 Å². The van der Waals surface area contributed by atoms with Crippen molar-refractivity contribution in [3.8, 4) is 0 Å². The van der Waals surface area contributed by atoms with Gasteiger partial charge in [0.05, 0.1) is 5.92 Å². The summed E-state index contributed by atoms with van der Waals surface area (Å²) in [5.74, 6) is -1.26. The van der Waals surface area contributed by atoms with Crippen LogP contribution in [0, 0.1) is 5.82 Å². The molecule has 2 heterocycles. The van der Waals surface area contributed by atoms with Gasteiger partial charge in [0.25, 0.3) is 0 Å². The maximum atomic E-state index is 13.3. The number of nitrogens with one attached hydrogen (secondary N) is 1. The van der Waals surface area contributed by atoms with E-state index in [-0.39, 0.29) is 24.3 Å². The fourth-order valence-electron chi connectivity index (χ4n) is 3.00. The Morgan fingerprint density at radius 2 is 2.05 bits per heavy atom. The van der Waals surface area contributed by atoms with Crippen molar-refractivity contribution in [1.29, 1.82) is 0 Å². The van der Waals surface area contributed by atoms with Crippen molar-refractivity contribution in [2.24, 2.45) is 5.73 Å². The fourth-order valence-corrected chi connectivity index (χ4v) is 3.00. The molecule has 1 aromatic carbocycles. The number of likely N-dealkylation sites (tertiary alicyclic amines) is 1. The predicted molar refractivity (Wildman–Crippen MR) is 76.2 cm³/mol. The van der Waals surface area contributed by atoms with Gasteiger partial charge < -0.3 is 16.0 Å². The van der Waals surface area contributed by atoms with E-state index in [1.165, 1.54) is 12.1 Å². The van der Waals surface area contributed by atoms with Gasteiger partial charge in [-0.15, -0.1) is 0 Å². The molecule has 0 saturated carbocycles. The summed E-state index contributed by atoms with van der Waals surface area (Å²) in [7, 11) is 0. The van der Waals surface area contributed by atoms with E-state index >= 15 is 0 Å². The molecule has 0 aromatic heterocycles. The molecule has 1 saturated heterocycles. The Balaban J connectivity index is 1.85. The first kappa shape index (κ1) is 14.0. The van der Waals surface area contributed by atoms with Crippen LogP contribution in [-0.4, -0.2) is 35.8 Å². The molecule has 6 heteroatoms. The number of piperidine rings is 1. The topological polar surface area (TPSA) is 75.4 Å². The Hall–Kier alpha value is -1.95. The fraction of sp³-hybridized carbons (Fsp3) is 0.467. The molecule has 2 amide bonds. The molecule has 5 nitrogen and oxygen atoms in total. The molecule has 2 aliphatic heterocycles. The number of hydrogen-bond donors (Lipinski definition) is 2. The third kappa shape index (κ3) is 2.76. The molecule has 1 fully saturated rings. The average Bonchev–Trinajstić information content (AvgIpc) is 2.46. The number of carbonyl (C=O) groups is 2. The molecular weight excluding hydrogens is 273 g/mol. The summed E-state index contributed by atoms with van der Waals surface area (Å²) < 4.78 is 13.3. The molecule has 0 spiro atoms. The lowest BCUT2D eigenvalue weighted by Crippen LogP contribution is -2.45. The standard InChI is InChI=1S/C15H18FN3O2/c16-9-1-2-11-12(8-14(20)18-13(11)7-9)15(21)19-5-3-10(17)4-6-19/h1-2,7,10,12H,3-6,8,17H2,(H,18,20). The lowest BCUT2D eigenvalue weighted by Gasteiger charge is -2.34. The number of amides is 2. The van der Waals surface area contributed by atoms with Gasteiger partial charge in [0.1, 0.15) is 5.82 Å². The molecule has 0 aliphatic carbocycles. The number of anilines is 1. The zero-order valence-corrected chi connectivity index (χ0v) is 11.6. The van der Waals surface area contributed by atoms with Crippen molar-refractivity contribution in [3.63, 3.8) is 0 Å². The summed E-state index contributed by atoms with van der Waals surface area (Å²) >= 11 is 0. The maximum absolute atomic E-state index is 13.3. The second kappa shape index (κ2) is 5.44. The zero-order valence-electron chi connectivity index (χ0n) is 11.6. The number of halogens is 1. The molecular formula is C15H18FN3O2. The minimum absolute atomic E-state index is 0.0652. The molecule has 112 valence electrons. The first-order valence-electron chi connectivity index (χ1n) is 7.18. The van der Waals surface area contributed by atoms with Crippen molar-refractivity contribution in [2.45, 2.75) is 31.2 Å². The minimum atomic E-state index is -0.524. The smallest absolute Gasteiger partial charge is 0.230 e. The van der Waals surface area contributed by atoms with Gasteiger partial charge >= 0.3 is 0 Å². The number of hydrogen-bond acceptors (Lipinski definition) is 3. The van der Waals surface area contributed by atoms with Crippen LogP contribution in [0.4, 0.5) is 10.1 Å². The third-order valence-corrected chi connectivity index (χ3v) is 4.20. The number of nitrogens with zero attached hydrogens (tertiary/aromatic N) is 1. The molecule has 1 unspecified atom stereocenters. The maximum Gasteiger partial charge on any atom is 0.230 e. The van der Waals surface area contributed by atoms with Crippen LogP contribution in [0.1, 0.15) is 30.7 Å². The van der Waals surface area contributed by atoms with Gasteiger partial charge in [-0.3, -0.25) is 9.59 Å². The lowest BCUT2D eigenvalue weighted by atomic mass is 9.88. The van der Waals surface area contributed by atoms with Crippen LogP contribution in [0.15, 0.2) is 18.2 Å². The Kier molecular flexibility index (Phi) is 3.63. The largest absolute Gasteiger partial charge is 0.342 e. The molecule has 0 radical (unpaired) electrons. The van der Waals surface area contributed by atoms with E-state index in [1.807, 2.05) is 0 Å². The number of fused-ring (bicyclic) bond motifs is 1. The summed E-state index contributed by atoms with van der Waals surface area (Å²) in [6, 6.07) is 4.31. The highest BCUT2D eigenvalue weighted by molar-refractivity contribution is 6.01. The molecule has 3 N–H and O–H groups in total. The highest BCUT2D eigenvalue weighted by Gasteiger charge is 2.34. The normalized spacial score (nSPS) is 22.7. The highest BCUT2D eigenvalue weighted by atomic mass is 19.1. The van der Waals surface area contributed by atoms with Crippen LogP contribution < -0.4 is 11.1 Å². The number of rotatable bonds is 1.